The monoisotopic (exact) mass is 333 g/mol. The largest absolute Gasteiger partial charge is 0.497 e. The van der Waals surface area contributed by atoms with Crippen molar-refractivity contribution in [2.75, 3.05) is 7.11 Å². The van der Waals surface area contributed by atoms with E-state index in [0.29, 0.717) is 5.92 Å². The summed E-state index contributed by atoms with van der Waals surface area (Å²) in [6.07, 6.45) is 7.34. The van der Waals surface area contributed by atoms with Crippen LogP contribution in [0.5, 0.6) is 5.75 Å². The predicted octanol–water partition coefficient (Wildman–Crippen LogP) is 6.11. The maximum Gasteiger partial charge on any atom is 0.118 e. The van der Waals surface area contributed by atoms with Crippen LogP contribution in [0.4, 0.5) is 0 Å². The van der Waals surface area contributed by atoms with E-state index in [1.807, 2.05) is 12.1 Å². The lowest BCUT2D eigenvalue weighted by Crippen LogP contribution is -2.07. The number of methoxy groups -OCH3 is 1. The Morgan fingerprint density at radius 2 is 1.64 bits per heavy atom. The van der Waals surface area contributed by atoms with Gasteiger partial charge in [-0.25, -0.2) is 0 Å². The minimum absolute atomic E-state index is 0.231. The fourth-order valence-corrected chi connectivity index (χ4v) is 3.79. The van der Waals surface area contributed by atoms with Crippen molar-refractivity contribution in [1.29, 1.82) is 5.26 Å². The zero-order valence-corrected chi connectivity index (χ0v) is 15.3. The van der Waals surface area contributed by atoms with Crippen molar-refractivity contribution in [1.82, 2.24) is 0 Å². The van der Waals surface area contributed by atoms with Gasteiger partial charge in [0.05, 0.1) is 18.6 Å². The topological polar surface area (TPSA) is 33.0 Å². The summed E-state index contributed by atoms with van der Waals surface area (Å²) in [5.74, 6) is 1.41. The number of benzene rings is 2. The van der Waals surface area contributed by atoms with Crippen LogP contribution in [0.1, 0.15) is 51.0 Å². The highest BCUT2D eigenvalue weighted by molar-refractivity contribution is 5.65. The molecule has 0 radical (unpaired) electrons. The average Bonchev–Trinajstić information content (AvgIpc) is 3.40. The van der Waals surface area contributed by atoms with Gasteiger partial charge in [0.25, 0.3) is 0 Å². The molecule has 2 aromatic carbocycles. The second-order valence-electron chi connectivity index (χ2n) is 7.14. The molecule has 0 aromatic heterocycles. The maximum atomic E-state index is 9.76. The number of hydrogen-bond donors (Lipinski definition) is 0. The van der Waals surface area contributed by atoms with Gasteiger partial charge in [-0.2, -0.15) is 5.26 Å². The molecule has 2 unspecified atom stereocenters. The third-order valence-corrected chi connectivity index (χ3v) is 5.53. The van der Waals surface area contributed by atoms with Crippen molar-refractivity contribution >= 4 is 0 Å². The van der Waals surface area contributed by atoms with E-state index in [0.717, 1.165) is 12.2 Å². The molecule has 1 aliphatic carbocycles. The van der Waals surface area contributed by atoms with Crippen molar-refractivity contribution in [3.63, 3.8) is 0 Å². The van der Waals surface area contributed by atoms with Gasteiger partial charge in [0.1, 0.15) is 5.75 Å². The van der Waals surface area contributed by atoms with Crippen LogP contribution in [0.2, 0.25) is 0 Å². The normalized spacial score (nSPS) is 21.6. The average molecular weight is 333 g/mol. The van der Waals surface area contributed by atoms with Gasteiger partial charge in [-0.1, -0.05) is 69.0 Å². The van der Waals surface area contributed by atoms with Crippen LogP contribution in [-0.4, -0.2) is 7.11 Å². The van der Waals surface area contributed by atoms with Crippen LogP contribution >= 0.6 is 0 Å². The highest BCUT2D eigenvalue weighted by Gasteiger charge is 2.55. The van der Waals surface area contributed by atoms with Gasteiger partial charge in [0, 0.05) is 0 Å². The smallest absolute Gasteiger partial charge is 0.118 e. The number of nitriles is 1. The van der Waals surface area contributed by atoms with Gasteiger partial charge in [0.2, 0.25) is 0 Å². The van der Waals surface area contributed by atoms with E-state index in [4.69, 9.17) is 4.74 Å². The lowest BCUT2D eigenvalue weighted by Gasteiger charge is -2.11. The van der Waals surface area contributed by atoms with E-state index in [1.54, 1.807) is 7.11 Å². The molecule has 2 atom stereocenters. The fourth-order valence-electron chi connectivity index (χ4n) is 3.79. The first-order valence-corrected chi connectivity index (χ1v) is 9.39. The van der Waals surface area contributed by atoms with E-state index in [1.165, 1.54) is 48.8 Å². The van der Waals surface area contributed by atoms with Crippen molar-refractivity contribution in [3.05, 3.63) is 54.1 Å². The molecular weight excluding hydrogens is 306 g/mol. The van der Waals surface area contributed by atoms with Gasteiger partial charge in [-0.15, -0.1) is 0 Å². The van der Waals surface area contributed by atoms with Crippen LogP contribution in [0.3, 0.4) is 0 Å². The molecule has 2 nitrogen and oxygen atoms in total. The van der Waals surface area contributed by atoms with E-state index < -0.39 is 0 Å². The molecule has 0 N–H and O–H groups in total. The van der Waals surface area contributed by atoms with Crippen molar-refractivity contribution in [2.24, 2.45) is 5.92 Å². The first kappa shape index (κ1) is 17.5. The highest BCUT2D eigenvalue weighted by Crippen LogP contribution is 2.56. The third-order valence-electron chi connectivity index (χ3n) is 5.53. The molecule has 0 heterocycles. The third kappa shape index (κ3) is 3.71. The van der Waals surface area contributed by atoms with E-state index in [2.05, 4.69) is 49.4 Å². The minimum Gasteiger partial charge on any atom is -0.497 e. The van der Waals surface area contributed by atoms with Gasteiger partial charge >= 0.3 is 0 Å². The van der Waals surface area contributed by atoms with Crippen LogP contribution in [-0.2, 0) is 5.41 Å². The fraction of sp³-hybridized carbons (Fsp3) is 0.435. The summed E-state index contributed by atoms with van der Waals surface area (Å²) in [6, 6.07) is 19.3. The second kappa shape index (κ2) is 7.74. The number of rotatable bonds is 8. The van der Waals surface area contributed by atoms with Crippen molar-refractivity contribution in [2.45, 2.75) is 50.9 Å². The lowest BCUT2D eigenvalue weighted by atomic mass is 9.91. The summed E-state index contributed by atoms with van der Waals surface area (Å²) in [7, 11) is 1.68. The Balaban J connectivity index is 1.68. The highest BCUT2D eigenvalue weighted by atomic mass is 16.5. The summed E-state index contributed by atoms with van der Waals surface area (Å²) in [4.78, 5) is 0. The minimum atomic E-state index is -0.231. The molecule has 0 aliphatic heterocycles. The number of ether oxygens (including phenoxy) is 1. The van der Waals surface area contributed by atoms with E-state index >= 15 is 0 Å². The first-order chi connectivity index (χ1) is 12.2. The standard InChI is InChI=1S/C23H27NO/c1-3-4-5-6-7-21-16-23(21,17-24)20-12-8-18(9-13-20)19-10-14-22(25-2)15-11-19/h8-15,21H,3-7,16H2,1-2H3. The summed E-state index contributed by atoms with van der Waals surface area (Å²) in [5.41, 5.74) is 3.31. The second-order valence-corrected chi connectivity index (χ2v) is 7.14. The molecule has 0 amide bonds. The van der Waals surface area contributed by atoms with Crippen LogP contribution in [0, 0.1) is 17.2 Å². The van der Waals surface area contributed by atoms with E-state index in [-0.39, 0.29) is 5.41 Å². The Kier molecular flexibility index (Phi) is 5.43. The molecule has 2 heteroatoms. The molecule has 1 aliphatic rings. The Hall–Kier alpha value is -2.27. The molecule has 1 fully saturated rings. The van der Waals surface area contributed by atoms with Gasteiger partial charge in [0.15, 0.2) is 0 Å². The summed E-state index contributed by atoms with van der Waals surface area (Å²) in [6.45, 7) is 2.24. The molecule has 130 valence electrons. The van der Waals surface area contributed by atoms with Crippen LogP contribution < -0.4 is 4.74 Å². The van der Waals surface area contributed by atoms with Crippen molar-refractivity contribution in [3.8, 4) is 22.9 Å². The van der Waals surface area contributed by atoms with Gasteiger partial charge in [-0.05, 0) is 47.6 Å². The lowest BCUT2D eigenvalue weighted by molar-refractivity contribution is 0.415. The zero-order valence-electron chi connectivity index (χ0n) is 15.3. The molecule has 0 bridgehead atoms. The van der Waals surface area contributed by atoms with Gasteiger partial charge in [-0.3, -0.25) is 0 Å². The zero-order chi connectivity index (χ0) is 17.7. The van der Waals surface area contributed by atoms with Crippen molar-refractivity contribution < 1.29 is 4.74 Å². The first-order valence-electron chi connectivity index (χ1n) is 9.39. The number of hydrogen-bond acceptors (Lipinski definition) is 2. The van der Waals surface area contributed by atoms with Crippen LogP contribution in [0.15, 0.2) is 48.5 Å². The Morgan fingerprint density at radius 1 is 1.00 bits per heavy atom. The SMILES string of the molecule is CCCCCCC1CC1(C#N)c1ccc(-c2ccc(OC)cc2)cc1. The Bertz CT molecular complexity index is 726. The molecule has 3 rings (SSSR count). The summed E-state index contributed by atoms with van der Waals surface area (Å²) < 4.78 is 5.21. The molecule has 2 aromatic rings. The Morgan fingerprint density at radius 3 is 2.20 bits per heavy atom. The number of unbranched alkanes of at least 4 members (excludes halogenated alkanes) is 3. The molecular formula is C23H27NO. The van der Waals surface area contributed by atoms with Crippen LogP contribution in [0.25, 0.3) is 11.1 Å². The van der Waals surface area contributed by atoms with Gasteiger partial charge < -0.3 is 4.74 Å². The maximum absolute atomic E-state index is 9.76. The predicted molar refractivity (Wildman–Crippen MR) is 103 cm³/mol. The summed E-state index contributed by atoms with van der Waals surface area (Å²) in [5, 5.41) is 9.76. The van der Waals surface area contributed by atoms with E-state index in [9.17, 15) is 5.26 Å². The quantitative estimate of drug-likeness (QED) is 0.546. The molecule has 1 saturated carbocycles. The number of nitrogens with zero attached hydrogens (tertiary/aromatic N) is 1. The summed E-state index contributed by atoms with van der Waals surface area (Å²) >= 11 is 0. The molecule has 0 saturated heterocycles. The molecule has 0 spiro atoms. The molecule has 25 heavy (non-hydrogen) atoms. The Labute approximate surface area is 151 Å².